The van der Waals surface area contributed by atoms with Gasteiger partial charge in [-0.15, -0.1) is 0 Å². The van der Waals surface area contributed by atoms with Gasteiger partial charge < -0.3 is 5.32 Å². The fraction of sp³-hybridized carbons (Fsp3) is 0.111. The molecule has 1 amide bonds. The van der Waals surface area contributed by atoms with E-state index < -0.39 is 0 Å². The number of amides is 1. The van der Waals surface area contributed by atoms with Crippen LogP contribution >= 0.6 is 0 Å². The lowest BCUT2D eigenvalue weighted by molar-refractivity contribution is -0.115. The molecule has 0 spiro atoms. The zero-order valence-electron chi connectivity index (χ0n) is 11.8. The van der Waals surface area contributed by atoms with Gasteiger partial charge in [-0.25, -0.2) is 4.98 Å². The minimum absolute atomic E-state index is 0.0524. The quantitative estimate of drug-likeness (QED) is 0.792. The molecule has 0 bridgehead atoms. The number of carbonyl (C=O) groups is 1. The molecule has 0 radical (unpaired) electrons. The van der Waals surface area contributed by atoms with Gasteiger partial charge in [0.2, 0.25) is 5.91 Å². The smallest absolute Gasteiger partial charge is 0.229 e. The van der Waals surface area contributed by atoms with Crippen LogP contribution in [0.3, 0.4) is 0 Å². The summed E-state index contributed by atoms with van der Waals surface area (Å²) >= 11 is 0. The molecule has 0 fully saturated rings. The Morgan fingerprint density at radius 2 is 1.81 bits per heavy atom. The highest BCUT2D eigenvalue weighted by molar-refractivity contribution is 5.92. The number of aryl methyl sites for hydroxylation is 1. The van der Waals surface area contributed by atoms with Crippen LogP contribution in [0, 0.1) is 6.92 Å². The Labute approximate surface area is 123 Å². The van der Waals surface area contributed by atoms with E-state index in [4.69, 9.17) is 0 Å². The number of nitrogens with zero attached hydrogens (tertiary/aromatic N) is 1. The van der Waals surface area contributed by atoms with Crippen LogP contribution in [0.4, 0.5) is 5.82 Å². The second kappa shape index (κ2) is 5.75. The molecule has 21 heavy (non-hydrogen) atoms. The van der Waals surface area contributed by atoms with Crippen molar-refractivity contribution in [3.05, 3.63) is 71.9 Å². The molecule has 0 aliphatic heterocycles. The molecule has 0 aliphatic carbocycles. The average molecular weight is 276 g/mol. The van der Waals surface area contributed by atoms with Gasteiger partial charge >= 0.3 is 0 Å². The van der Waals surface area contributed by atoms with Crippen molar-refractivity contribution in [2.45, 2.75) is 13.3 Å². The standard InChI is InChI=1S/C18H16N2O/c1-13-5-4-8-17(19-13)20-18(21)12-14-9-10-15-6-2-3-7-16(15)11-14/h2-11H,12H2,1H3,(H,19,20,21). The highest BCUT2D eigenvalue weighted by Crippen LogP contribution is 2.16. The number of rotatable bonds is 3. The zero-order chi connectivity index (χ0) is 14.7. The van der Waals surface area contributed by atoms with E-state index in [-0.39, 0.29) is 5.91 Å². The van der Waals surface area contributed by atoms with E-state index in [2.05, 4.69) is 28.5 Å². The molecule has 3 rings (SSSR count). The van der Waals surface area contributed by atoms with E-state index in [0.717, 1.165) is 16.6 Å². The maximum absolute atomic E-state index is 12.1. The van der Waals surface area contributed by atoms with Crippen molar-refractivity contribution in [2.75, 3.05) is 5.32 Å². The topological polar surface area (TPSA) is 42.0 Å². The number of aromatic nitrogens is 1. The number of fused-ring (bicyclic) bond motifs is 1. The number of anilines is 1. The monoisotopic (exact) mass is 276 g/mol. The summed E-state index contributed by atoms with van der Waals surface area (Å²) in [6, 6.07) is 19.8. The summed E-state index contributed by atoms with van der Waals surface area (Å²) in [7, 11) is 0. The molecule has 3 nitrogen and oxygen atoms in total. The van der Waals surface area contributed by atoms with Gasteiger partial charge in [0.05, 0.1) is 6.42 Å². The van der Waals surface area contributed by atoms with Crippen LogP contribution in [-0.4, -0.2) is 10.9 Å². The predicted octanol–water partition coefficient (Wildman–Crippen LogP) is 3.72. The lowest BCUT2D eigenvalue weighted by atomic mass is 10.0. The van der Waals surface area contributed by atoms with Crippen molar-refractivity contribution in [1.82, 2.24) is 4.98 Å². The molecule has 0 atom stereocenters. The van der Waals surface area contributed by atoms with Crippen molar-refractivity contribution >= 4 is 22.5 Å². The lowest BCUT2D eigenvalue weighted by Gasteiger charge is -2.06. The first-order chi connectivity index (χ1) is 10.2. The minimum Gasteiger partial charge on any atom is -0.310 e. The van der Waals surface area contributed by atoms with Crippen LogP contribution in [0.25, 0.3) is 10.8 Å². The fourth-order valence-electron chi connectivity index (χ4n) is 2.33. The third-order valence-corrected chi connectivity index (χ3v) is 3.33. The maximum Gasteiger partial charge on any atom is 0.229 e. The summed E-state index contributed by atoms with van der Waals surface area (Å²) in [5, 5.41) is 5.16. The van der Waals surface area contributed by atoms with E-state index in [1.165, 1.54) is 5.39 Å². The number of hydrogen-bond donors (Lipinski definition) is 1. The Kier molecular flexibility index (Phi) is 3.65. The van der Waals surface area contributed by atoms with Crippen LogP contribution in [0.2, 0.25) is 0 Å². The maximum atomic E-state index is 12.1. The summed E-state index contributed by atoms with van der Waals surface area (Å²) < 4.78 is 0. The van der Waals surface area contributed by atoms with Gasteiger partial charge in [-0.1, -0.05) is 48.5 Å². The molecule has 1 aromatic heterocycles. The first-order valence-corrected chi connectivity index (χ1v) is 6.92. The van der Waals surface area contributed by atoms with Gasteiger partial charge in [0.1, 0.15) is 5.82 Å². The van der Waals surface area contributed by atoms with E-state index in [1.54, 1.807) is 6.07 Å². The number of benzene rings is 2. The van der Waals surface area contributed by atoms with Gasteiger partial charge in [-0.05, 0) is 35.4 Å². The third kappa shape index (κ3) is 3.26. The fourth-order valence-corrected chi connectivity index (χ4v) is 2.33. The van der Waals surface area contributed by atoms with Crippen molar-refractivity contribution in [3.8, 4) is 0 Å². The largest absolute Gasteiger partial charge is 0.310 e. The Hall–Kier alpha value is -2.68. The van der Waals surface area contributed by atoms with Gasteiger partial charge in [0.15, 0.2) is 0 Å². The first kappa shape index (κ1) is 13.3. The molecule has 1 heterocycles. The SMILES string of the molecule is Cc1cccc(NC(=O)Cc2ccc3ccccc3c2)n1. The minimum atomic E-state index is -0.0524. The second-order valence-corrected chi connectivity index (χ2v) is 5.07. The van der Waals surface area contributed by atoms with Crippen LogP contribution in [0.1, 0.15) is 11.3 Å². The van der Waals surface area contributed by atoms with Gasteiger partial charge in [-0.2, -0.15) is 0 Å². The van der Waals surface area contributed by atoms with Crippen molar-refractivity contribution in [1.29, 1.82) is 0 Å². The Bertz CT molecular complexity index is 796. The molecule has 0 unspecified atom stereocenters. The Morgan fingerprint density at radius 3 is 2.62 bits per heavy atom. The molecular weight excluding hydrogens is 260 g/mol. The molecule has 104 valence electrons. The normalized spacial score (nSPS) is 10.5. The van der Waals surface area contributed by atoms with Crippen LogP contribution in [0.15, 0.2) is 60.7 Å². The van der Waals surface area contributed by atoms with Crippen LogP contribution in [0.5, 0.6) is 0 Å². The molecular formula is C18H16N2O. The van der Waals surface area contributed by atoms with E-state index in [0.29, 0.717) is 12.2 Å². The van der Waals surface area contributed by atoms with Crippen molar-refractivity contribution in [2.24, 2.45) is 0 Å². The van der Waals surface area contributed by atoms with E-state index in [1.807, 2.05) is 43.3 Å². The van der Waals surface area contributed by atoms with E-state index >= 15 is 0 Å². The highest BCUT2D eigenvalue weighted by atomic mass is 16.1. The molecule has 0 aliphatic rings. The zero-order valence-corrected chi connectivity index (χ0v) is 11.8. The molecule has 1 N–H and O–H groups in total. The predicted molar refractivity (Wildman–Crippen MR) is 85.3 cm³/mol. The summed E-state index contributed by atoms with van der Waals surface area (Å²) in [5.41, 5.74) is 1.89. The van der Waals surface area contributed by atoms with Gasteiger partial charge in [-0.3, -0.25) is 4.79 Å². The molecule has 0 saturated carbocycles. The van der Waals surface area contributed by atoms with Crippen molar-refractivity contribution < 1.29 is 4.79 Å². The summed E-state index contributed by atoms with van der Waals surface area (Å²) in [4.78, 5) is 16.4. The summed E-state index contributed by atoms with van der Waals surface area (Å²) in [6.07, 6.45) is 0.348. The van der Waals surface area contributed by atoms with Crippen LogP contribution < -0.4 is 5.32 Å². The molecule has 0 saturated heterocycles. The third-order valence-electron chi connectivity index (χ3n) is 3.33. The Balaban J connectivity index is 1.74. The highest BCUT2D eigenvalue weighted by Gasteiger charge is 2.05. The molecule has 3 aromatic rings. The number of nitrogens with one attached hydrogen (secondary N) is 1. The second-order valence-electron chi connectivity index (χ2n) is 5.07. The van der Waals surface area contributed by atoms with Crippen molar-refractivity contribution in [3.63, 3.8) is 0 Å². The lowest BCUT2D eigenvalue weighted by Crippen LogP contribution is -2.15. The van der Waals surface area contributed by atoms with Gasteiger partial charge in [0, 0.05) is 5.69 Å². The molecule has 2 aromatic carbocycles. The summed E-state index contributed by atoms with van der Waals surface area (Å²) in [6.45, 7) is 1.90. The number of hydrogen-bond acceptors (Lipinski definition) is 2. The molecule has 3 heteroatoms. The van der Waals surface area contributed by atoms with Gasteiger partial charge in [0.25, 0.3) is 0 Å². The van der Waals surface area contributed by atoms with Crippen LogP contribution in [-0.2, 0) is 11.2 Å². The first-order valence-electron chi connectivity index (χ1n) is 6.92. The summed E-state index contributed by atoms with van der Waals surface area (Å²) in [5.74, 6) is 0.546. The Morgan fingerprint density at radius 1 is 1.00 bits per heavy atom. The average Bonchev–Trinajstić information content (AvgIpc) is 2.47. The van der Waals surface area contributed by atoms with E-state index in [9.17, 15) is 4.79 Å². The number of pyridine rings is 1. The number of carbonyl (C=O) groups excluding carboxylic acids is 1.